The maximum absolute atomic E-state index is 13.3. The normalized spacial score (nSPS) is 11.8. The maximum atomic E-state index is 13.3. The van der Waals surface area contributed by atoms with E-state index in [1.165, 1.54) is 25.3 Å². The van der Waals surface area contributed by atoms with Gasteiger partial charge >= 0.3 is 5.97 Å². The average Bonchev–Trinajstić information content (AvgIpc) is 2.48. The summed E-state index contributed by atoms with van der Waals surface area (Å²) in [6, 6.07) is 10.1. The number of carboxylic acid groups (broad SMARTS) is 1. The molecule has 0 aliphatic rings. The summed E-state index contributed by atoms with van der Waals surface area (Å²) in [6.07, 6.45) is 0. The molecule has 1 unspecified atom stereocenters. The number of ether oxygens (including phenoxy) is 1. The number of rotatable bonds is 5. The van der Waals surface area contributed by atoms with Gasteiger partial charge in [-0.2, -0.15) is 0 Å². The summed E-state index contributed by atoms with van der Waals surface area (Å²) in [7, 11) is 1.50. The van der Waals surface area contributed by atoms with Crippen molar-refractivity contribution in [1.82, 2.24) is 0 Å². The SMILES string of the molecule is COc1ccccc1NC(C(=O)O)c1ccc(F)c(Br)c1. The van der Waals surface area contributed by atoms with Gasteiger partial charge in [0.05, 0.1) is 17.3 Å². The zero-order chi connectivity index (χ0) is 15.4. The molecule has 0 spiro atoms. The van der Waals surface area contributed by atoms with Gasteiger partial charge < -0.3 is 15.2 Å². The maximum Gasteiger partial charge on any atom is 0.330 e. The summed E-state index contributed by atoms with van der Waals surface area (Å²) >= 11 is 3.06. The molecule has 0 amide bonds. The number of carboxylic acids is 1. The Labute approximate surface area is 129 Å². The van der Waals surface area contributed by atoms with E-state index in [1.807, 2.05) is 0 Å². The first-order valence-electron chi connectivity index (χ1n) is 6.10. The highest BCUT2D eigenvalue weighted by Crippen LogP contribution is 2.29. The molecule has 0 aromatic heterocycles. The number of carbonyl (C=O) groups is 1. The van der Waals surface area contributed by atoms with E-state index in [1.54, 1.807) is 24.3 Å². The lowest BCUT2D eigenvalue weighted by Crippen LogP contribution is -2.20. The molecule has 2 rings (SSSR count). The molecule has 0 aliphatic carbocycles. The molecule has 0 saturated carbocycles. The largest absolute Gasteiger partial charge is 0.495 e. The number of aliphatic carboxylic acids is 1. The van der Waals surface area contributed by atoms with Gasteiger partial charge in [0.15, 0.2) is 6.04 Å². The van der Waals surface area contributed by atoms with E-state index in [0.29, 0.717) is 17.0 Å². The lowest BCUT2D eigenvalue weighted by atomic mass is 10.1. The minimum atomic E-state index is -1.07. The minimum absolute atomic E-state index is 0.216. The van der Waals surface area contributed by atoms with Crippen LogP contribution in [0.25, 0.3) is 0 Å². The number of nitrogens with one attached hydrogen (secondary N) is 1. The van der Waals surface area contributed by atoms with E-state index in [2.05, 4.69) is 21.2 Å². The number of halogens is 2. The van der Waals surface area contributed by atoms with Crippen LogP contribution in [-0.4, -0.2) is 18.2 Å². The molecule has 1 atom stereocenters. The lowest BCUT2D eigenvalue weighted by molar-refractivity contribution is -0.138. The van der Waals surface area contributed by atoms with Gasteiger partial charge in [-0.25, -0.2) is 9.18 Å². The highest BCUT2D eigenvalue weighted by Gasteiger charge is 2.21. The Hall–Kier alpha value is -2.08. The molecule has 0 saturated heterocycles. The molecule has 0 bridgehead atoms. The van der Waals surface area contributed by atoms with E-state index in [4.69, 9.17) is 4.74 Å². The summed E-state index contributed by atoms with van der Waals surface area (Å²) in [4.78, 5) is 11.5. The Bertz CT molecular complexity index is 663. The van der Waals surface area contributed by atoms with Crippen molar-refractivity contribution in [1.29, 1.82) is 0 Å². The lowest BCUT2D eigenvalue weighted by Gasteiger charge is -2.18. The monoisotopic (exact) mass is 353 g/mol. The van der Waals surface area contributed by atoms with Crippen molar-refractivity contribution in [2.45, 2.75) is 6.04 Å². The molecule has 2 N–H and O–H groups in total. The molecule has 2 aromatic rings. The van der Waals surface area contributed by atoms with E-state index in [0.717, 1.165) is 0 Å². The van der Waals surface area contributed by atoms with Gasteiger partial charge in [-0.3, -0.25) is 0 Å². The highest BCUT2D eigenvalue weighted by atomic mass is 79.9. The number of hydrogen-bond donors (Lipinski definition) is 2. The van der Waals surface area contributed by atoms with Crippen LogP contribution in [0.15, 0.2) is 46.9 Å². The number of hydrogen-bond acceptors (Lipinski definition) is 3. The summed E-state index contributed by atoms with van der Waals surface area (Å²) < 4.78 is 18.7. The van der Waals surface area contributed by atoms with Crippen LogP contribution in [0.1, 0.15) is 11.6 Å². The highest BCUT2D eigenvalue weighted by molar-refractivity contribution is 9.10. The van der Waals surface area contributed by atoms with E-state index < -0.39 is 17.8 Å². The first kappa shape index (κ1) is 15.3. The van der Waals surface area contributed by atoms with Crippen molar-refractivity contribution < 1.29 is 19.0 Å². The number of para-hydroxylation sites is 2. The Morgan fingerprint density at radius 2 is 2.05 bits per heavy atom. The molecule has 2 aromatic carbocycles. The van der Waals surface area contributed by atoms with Gasteiger partial charge in [0, 0.05) is 0 Å². The van der Waals surface area contributed by atoms with E-state index in [-0.39, 0.29) is 4.47 Å². The summed E-state index contributed by atoms with van der Waals surface area (Å²) in [5, 5.41) is 12.3. The smallest absolute Gasteiger partial charge is 0.330 e. The number of methoxy groups -OCH3 is 1. The zero-order valence-corrected chi connectivity index (χ0v) is 12.7. The van der Waals surface area contributed by atoms with E-state index >= 15 is 0 Å². The van der Waals surface area contributed by atoms with Crippen LogP contribution in [-0.2, 0) is 4.79 Å². The zero-order valence-electron chi connectivity index (χ0n) is 11.1. The van der Waals surface area contributed by atoms with Crippen LogP contribution in [0.4, 0.5) is 10.1 Å². The van der Waals surface area contributed by atoms with Crippen molar-refractivity contribution in [3.05, 3.63) is 58.3 Å². The average molecular weight is 354 g/mol. The first-order valence-corrected chi connectivity index (χ1v) is 6.89. The molecule has 21 heavy (non-hydrogen) atoms. The Kier molecular flexibility index (Phi) is 4.80. The number of anilines is 1. The second-order valence-corrected chi connectivity index (χ2v) is 5.14. The standard InChI is InChI=1S/C15H13BrFNO3/c1-21-13-5-3-2-4-12(13)18-14(15(19)20)9-6-7-11(17)10(16)8-9/h2-8,14,18H,1H3,(H,19,20). The van der Waals surface area contributed by atoms with Gasteiger partial charge in [-0.05, 0) is 45.8 Å². The molecule has 110 valence electrons. The first-order chi connectivity index (χ1) is 10.0. The van der Waals surface area contributed by atoms with Gasteiger partial charge in [0.1, 0.15) is 11.6 Å². The fourth-order valence-corrected chi connectivity index (χ4v) is 2.30. The van der Waals surface area contributed by atoms with Crippen molar-refractivity contribution in [3.8, 4) is 5.75 Å². The predicted octanol–water partition coefficient (Wildman–Crippen LogP) is 3.83. The molecular formula is C15H13BrFNO3. The molecule has 0 radical (unpaired) electrons. The molecule has 0 fully saturated rings. The number of benzene rings is 2. The van der Waals surface area contributed by atoms with Crippen LogP contribution in [0.3, 0.4) is 0 Å². The van der Waals surface area contributed by atoms with Gasteiger partial charge in [-0.1, -0.05) is 18.2 Å². The van der Waals surface area contributed by atoms with Crippen LogP contribution in [0.2, 0.25) is 0 Å². The van der Waals surface area contributed by atoms with Crippen LogP contribution >= 0.6 is 15.9 Å². The minimum Gasteiger partial charge on any atom is -0.495 e. The summed E-state index contributed by atoms with van der Waals surface area (Å²) in [5.74, 6) is -0.982. The Morgan fingerprint density at radius 1 is 1.33 bits per heavy atom. The quantitative estimate of drug-likeness (QED) is 0.857. The van der Waals surface area contributed by atoms with Gasteiger partial charge in [0.2, 0.25) is 0 Å². The predicted molar refractivity (Wildman–Crippen MR) is 81.1 cm³/mol. The third-order valence-corrected chi connectivity index (χ3v) is 3.54. The Morgan fingerprint density at radius 3 is 2.67 bits per heavy atom. The van der Waals surface area contributed by atoms with Crippen LogP contribution in [0, 0.1) is 5.82 Å². The second kappa shape index (κ2) is 6.58. The van der Waals surface area contributed by atoms with Crippen LogP contribution < -0.4 is 10.1 Å². The molecule has 0 heterocycles. The Balaban J connectivity index is 2.35. The van der Waals surface area contributed by atoms with Gasteiger partial charge in [-0.15, -0.1) is 0 Å². The summed E-state index contributed by atoms with van der Waals surface area (Å²) in [5.41, 5.74) is 0.981. The third kappa shape index (κ3) is 3.52. The topological polar surface area (TPSA) is 58.6 Å². The van der Waals surface area contributed by atoms with Crippen molar-refractivity contribution >= 4 is 27.6 Å². The molecule has 4 nitrogen and oxygen atoms in total. The molecular weight excluding hydrogens is 341 g/mol. The van der Waals surface area contributed by atoms with Crippen LogP contribution in [0.5, 0.6) is 5.75 Å². The van der Waals surface area contributed by atoms with Crippen molar-refractivity contribution in [3.63, 3.8) is 0 Å². The molecule has 0 aliphatic heterocycles. The van der Waals surface area contributed by atoms with E-state index in [9.17, 15) is 14.3 Å². The fourth-order valence-electron chi connectivity index (χ4n) is 1.90. The second-order valence-electron chi connectivity index (χ2n) is 4.29. The fraction of sp³-hybridized carbons (Fsp3) is 0.133. The van der Waals surface area contributed by atoms with Crippen molar-refractivity contribution in [2.75, 3.05) is 12.4 Å². The third-order valence-electron chi connectivity index (χ3n) is 2.93. The van der Waals surface area contributed by atoms with Gasteiger partial charge in [0.25, 0.3) is 0 Å². The molecule has 6 heteroatoms. The van der Waals surface area contributed by atoms with Crippen molar-refractivity contribution in [2.24, 2.45) is 0 Å². The summed E-state index contributed by atoms with van der Waals surface area (Å²) in [6.45, 7) is 0.